The summed E-state index contributed by atoms with van der Waals surface area (Å²) in [5, 5.41) is 0. The molecule has 0 fully saturated rings. The van der Waals surface area contributed by atoms with Gasteiger partial charge in [0.25, 0.3) is 0 Å². The Morgan fingerprint density at radius 3 is 2.45 bits per heavy atom. The second-order valence-corrected chi connectivity index (χ2v) is 8.06. The molecule has 0 radical (unpaired) electrons. The smallest absolute Gasteiger partial charge is 0.363 e. The molecule has 0 aromatic heterocycles. The second-order valence-electron chi connectivity index (χ2n) is 6.13. The highest BCUT2D eigenvalue weighted by Gasteiger charge is 2.27. The standard InChI is InChI=1S/C20H18F2N2O4S/c1-3-24(4-2)29(26,27)15-7-5-6-14(12-15)19-23-18(20(25)28-19)11-13-8-9-16(21)17(22)10-13/h5-12H,3-4H2,1-2H3. The van der Waals surface area contributed by atoms with Gasteiger partial charge in [0.15, 0.2) is 17.3 Å². The van der Waals surface area contributed by atoms with Gasteiger partial charge in [0.1, 0.15) is 0 Å². The van der Waals surface area contributed by atoms with E-state index in [0.29, 0.717) is 18.7 Å². The third-order valence-electron chi connectivity index (χ3n) is 4.29. The molecule has 0 unspecified atom stereocenters. The molecule has 0 saturated carbocycles. The first-order chi connectivity index (χ1) is 13.8. The molecule has 0 saturated heterocycles. The highest BCUT2D eigenvalue weighted by Crippen LogP contribution is 2.23. The van der Waals surface area contributed by atoms with Gasteiger partial charge >= 0.3 is 5.97 Å². The molecule has 3 rings (SSSR count). The van der Waals surface area contributed by atoms with Crippen LogP contribution in [0.15, 0.2) is 58.0 Å². The van der Waals surface area contributed by atoms with E-state index in [2.05, 4.69) is 4.99 Å². The molecular formula is C20H18F2N2O4S. The van der Waals surface area contributed by atoms with Crippen LogP contribution in [0.4, 0.5) is 8.78 Å². The van der Waals surface area contributed by atoms with Crippen LogP contribution in [-0.2, 0) is 19.6 Å². The Hall–Kier alpha value is -2.91. The number of ether oxygens (including phenoxy) is 1. The molecule has 0 bridgehead atoms. The molecule has 1 aliphatic rings. The Bertz CT molecular complexity index is 1120. The highest BCUT2D eigenvalue weighted by atomic mass is 32.2. The van der Waals surface area contributed by atoms with Crippen LogP contribution >= 0.6 is 0 Å². The van der Waals surface area contributed by atoms with Crippen molar-refractivity contribution >= 4 is 28.0 Å². The molecule has 6 nitrogen and oxygen atoms in total. The number of cyclic esters (lactones) is 1. The van der Waals surface area contributed by atoms with Crippen molar-refractivity contribution in [2.75, 3.05) is 13.1 Å². The first kappa shape index (κ1) is 20.8. The van der Waals surface area contributed by atoms with Gasteiger partial charge in [-0.15, -0.1) is 0 Å². The minimum absolute atomic E-state index is 0.0514. The van der Waals surface area contributed by atoms with E-state index >= 15 is 0 Å². The van der Waals surface area contributed by atoms with Gasteiger partial charge in [-0.3, -0.25) is 0 Å². The summed E-state index contributed by atoms with van der Waals surface area (Å²) in [6, 6.07) is 9.08. The summed E-state index contributed by atoms with van der Waals surface area (Å²) in [5.74, 6) is -2.90. The fourth-order valence-corrected chi connectivity index (χ4v) is 4.30. The van der Waals surface area contributed by atoms with E-state index in [1.54, 1.807) is 19.9 Å². The Kier molecular flexibility index (Phi) is 5.90. The maximum atomic E-state index is 13.4. The lowest BCUT2D eigenvalue weighted by molar-refractivity contribution is -0.129. The van der Waals surface area contributed by atoms with E-state index in [9.17, 15) is 22.0 Å². The number of halogens is 2. The van der Waals surface area contributed by atoms with Gasteiger partial charge in [-0.05, 0) is 42.0 Å². The number of benzene rings is 2. The van der Waals surface area contributed by atoms with Crippen LogP contribution in [-0.4, -0.2) is 37.7 Å². The van der Waals surface area contributed by atoms with E-state index in [4.69, 9.17) is 4.74 Å². The molecule has 0 N–H and O–H groups in total. The van der Waals surface area contributed by atoms with E-state index in [1.807, 2.05) is 0 Å². The maximum absolute atomic E-state index is 13.4. The number of aliphatic imine (C=N–C) groups is 1. The number of sulfonamides is 1. The number of carbonyl (C=O) groups excluding carboxylic acids is 1. The Balaban J connectivity index is 1.95. The SMILES string of the molecule is CCN(CC)S(=O)(=O)c1cccc(C2=NC(=Cc3ccc(F)c(F)c3)C(=O)O2)c1. The van der Waals surface area contributed by atoms with Crippen molar-refractivity contribution in [2.24, 2.45) is 4.99 Å². The molecule has 1 aliphatic heterocycles. The predicted molar refractivity (Wildman–Crippen MR) is 104 cm³/mol. The van der Waals surface area contributed by atoms with Gasteiger partial charge < -0.3 is 4.74 Å². The summed E-state index contributed by atoms with van der Waals surface area (Å²) in [6.45, 7) is 4.12. The second kappa shape index (κ2) is 8.22. The number of carbonyl (C=O) groups is 1. The quantitative estimate of drug-likeness (QED) is 0.531. The molecule has 0 atom stereocenters. The number of esters is 1. The largest absolute Gasteiger partial charge is 0.402 e. The van der Waals surface area contributed by atoms with Gasteiger partial charge in [-0.25, -0.2) is 27.0 Å². The summed E-state index contributed by atoms with van der Waals surface area (Å²) < 4.78 is 58.2. The lowest BCUT2D eigenvalue weighted by Crippen LogP contribution is -2.30. The molecule has 2 aromatic rings. The molecule has 9 heteroatoms. The average Bonchev–Trinajstić information content (AvgIpc) is 3.06. The lowest BCUT2D eigenvalue weighted by Gasteiger charge is -2.18. The third-order valence-corrected chi connectivity index (χ3v) is 6.34. The Morgan fingerprint density at radius 1 is 1.07 bits per heavy atom. The zero-order valence-corrected chi connectivity index (χ0v) is 16.5. The number of nitrogens with zero attached hydrogens (tertiary/aromatic N) is 2. The van der Waals surface area contributed by atoms with Crippen molar-refractivity contribution in [1.82, 2.24) is 4.31 Å². The summed E-state index contributed by atoms with van der Waals surface area (Å²) in [5.41, 5.74) is 0.432. The molecule has 0 spiro atoms. The van der Waals surface area contributed by atoms with Gasteiger partial charge in [0, 0.05) is 18.7 Å². The van der Waals surface area contributed by atoms with Crippen LogP contribution in [0, 0.1) is 11.6 Å². The summed E-state index contributed by atoms with van der Waals surface area (Å²) >= 11 is 0. The van der Waals surface area contributed by atoms with Crippen molar-refractivity contribution in [3.05, 3.63) is 70.9 Å². The molecule has 0 aliphatic carbocycles. The van der Waals surface area contributed by atoms with Crippen molar-refractivity contribution in [2.45, 2.75) is 18.7 Å². The van der Waals surface area contributed by atoms with E-state index < -0.39 is 27.6 Å². The minimum Gasteiger partial charge on any atom is -0.402 e. The van der Waals surface area contributed by atoms with E-state index in [0.717, 1.165) is 12.1 Å². The fraction of sp³-hybridized carbons (Fsp3) is 0.200. The molecule has 0 amide bonds. The van der Waals surface area contributed by atoms with Crippen LogP contribution < -0.4 is 0 Å². The highest BCUT2D eigenvalue weighted by molar-refractivity contribution is 7.89. The minimum atomic E-state index is -3.69. The van der Waals surface area contributed by atoms with Crippen molar-refractivity contribution in [1.29, 1.82) is 0 Å². The van der Waals surface area contributed by atoms with Crippen molar-refractivity contribution in [3.63, 3.8) is 0 Å². The lowest BCUT2D eigenvalue weighted by atomic mass is 10.2. The van der Waals surface area contributed by atoms with Gasteiger partial charge in [0.05, 0.1) is 4.90 Å². The average molecular weight is 420 g/mol. The molecular weight excluding hydrogens is 402 g/mol. The molecule has 2 aromatic carbocycles. The summed E-state index contributed by atoms with van der Waals surface area (Å²) in [7, 11) is -3.69. The molecule has 152 valence electrons. The van der Waals surface area contributed by atoms with Crippen molar-refractivity contribution in [3.8, 4) is 0 Å². The topological polar surface area (TPSA) is 76.0 Å². The molecule has 1 heterocycles. The zero-order valence-electron chi connectivity index (χ0n) is 15.7. The van der Waals surface area contributed by atoms with Gasteiger partial charge in [-0.1, -0.05) is 26.0 Å². The first-order valence-corrected chi connectivity index (χ1v) is 10.3. The van der Waals surface area contributed by atoms with Crippen LogP contribution in [0.5, 0.6) is 0 Å². The number of hydrogen-bond acceptors (Lipinski definition) is 5. The number of hydrogen-bond donors (Lipinski definition) is 0. The zero-order chi connectivity index (χ0) is 21.2. The van der Waals surface area contributed by atoms with E-state index in [1.165, 1.54) is 34.6 Å². The van der Waals surface area contributed by atoms with Crippen LogP contribution in [0.1, 0.15) is 25.0 Å². The first-order valence-electron chi connectivity index (χ1n) is 8.84. The Morgan fingerprint density at radius 2 is 1.79 bits per heavy atom. The predicted octanol–water partition coefficient (Wildman–Crippen LogP) is 3.34. The Labute approximate surface area is 167 Å². The van der Waals surface area contributed by atoms with Gasteiger partial charge in [0.2, 0.25) is 15.9 Å². The summed E-state index contributed by atoms with van der Waals surface area (Å²) in [6.07, 6.45) is 1.26. The van der Waals surface area contributed by atoms with E-state index in [-0.39, 0.29) is 22.1 Å². The van der Waals surface area contributed by atoms with Crippen LogP contribution in [0.2, 0.25) is 0 Å². The maximum Gasteiger partial charge on any atom is 0.363 e. The third kappa shape index (κ3) is 4.25. The fourth-order valence-electron chi connectivity index (χ4n) is 2.79. The monoisotopic (exact) mass is 420 g/mol. The normalized spacial score (nSPS) is 15.7. The van der Waals surface area contributed by atoms with Crippen LogP contribution in [0.25, 0.3) is 6.08 Å². The molecule has 29 heavy (non-hydrogen) atoms. The van der Waals surface area contributed by atoms with Gasteiger partial charge in [-0.2, -0.15) is 4.31 Å². The summed E-state index contributed by atoms with van der Waals surface area (Å²) in [4.78, 5) is 16.2. The van der Waals surface area contributed by atoms with Crippen molar-refractivity contribution < 1.29 is 26.7 Å². The van der Waals surface area contributed by atoms with Crippen LogP contribution in [0.3, 0.4) is 0 Å². The number of rotatable bonds is 6.